The van der Waals surface area contributed by atoms with E-state index in [9.17, 15) is 9.59 Å². The van der Waals surface area contributed by atoms with Gasteiger partial charge in [0.2, 0.25) is 0 Å². The summed E-state index contributed by atoms with van der Waals surface area (Å²) in [6.07, 6.45) is 3.31. The normalized spacial score (nSPS) is 27.6. The molecule has 0 radical (unpaired) electrons. The van der Waals surface area contributed by atoms with Crippen molar-refractivity contribution in [1.82, 2.24) is 5.32 Å². The molecule has 20 heavy (non-hydrogen) atoms. The van der Waals surface area contributed by atoms with Crippen molar-refractivity contribution in [3.05, 3.63) is 34.9 Å². The van der Waals surface area contributed by atoms with E-state index in [0.717, 1.165) is 24.8 Å². The van der Waals surface area contributed by atoms with Crippen molar-refractivity contribution in [3.8, 4) is 0 Å². The number of carbonyl (C=O) groups excluding carboxylic acids is 1. The fraction of sp³-hybridized carbons (Fsp3) is 0.467. The lowest BCUT2D eigenvalue weighted by Gasteiger charge is -2.20. The van der Waals surface area contributed by atoms with Crippen LogP contribution in [-0.2, 0) is 4.74 Å². The van der Waals surface area contributed by atoms with E-state index in [0.29, 0.717) is 5.56 Å². The smallest absolute Gasteiger partial charge is 0.335 e. The highest BCUT2D eigenvalue weighted by atomic mass is 16.5. The summed E-state index contributed by atoms with van der Waals surface area (Å²) in [7, 11) is 0. The second-order valence-corrected chi connectivity index (χ2v) is 5.58. The van der Waals surface area contributed by atoms with Gasteiger partial charge in [0.1, 0.15) is 0 Å². The van der Waals surface area contributed by atoms with Crippen LogP contribution in [0.25, 0.3) is 0 Å². The predicted molar refractivity (Wildman–Crippen MR) is 71.9 cm³/mol. The van der Waals surface area contributed by atoms with Gasteiger partial charge in [-0.1, -0.05) is 0 Å². The minimum atomic E-state index is -1.02. The highest BCUT2D eigenvalue weighted by molar-refractivity contribution is 5.98. The van der Waals surface area contributed by atoms with Crippen molar-refractivity contribution >= 4 is 11.9 Å². The molecule has 3 atom stereocenters. The maximum absolute atomic E-state index is 12.2. The first-order chi connectivity index (χ1) is 9.52. The zero-order valence-corrected chi connectivity index (χ0v) is 11.3. The Labute approximate surface area is 116 Å². The van der Waals surface area contributed by atoms with E-state index >= 15 is 0 Å². The molecule has 0 saturated carbocycles. The second-order valence-electron chi connectivity index (χ2n) is 5.58. The molecule has 2 saturated heterocycles. The van der Waals surface area contributed by atoms with Crippen LogP contribution in [-0.4, -0.2) is 35.2 Å². The quantitative estimate of drug-likeness (QED) is 0.881. The molecule has 2 aliphatic heterocycles. The highest BCUT2D eigenvalue weighted by Crippen LogP contribution is 2.34. The lowest BCUT2D eigenvalue weighted by Crippen LogP contribution is -2.41. The van der Waals surface area contributed by atoms with Crippen molar-refractivity contribution in [3.63, 3.8) is 0 Å². The van der Waals surface area contributed by atoms with Gasteiger partial charge in [-0.2, -0.15) is 0 Å². The van der Waals surface area contributed by atoms with E-state index in [1.54, 1.807) is 19.1 Å². The van der Waals surface area contributed by atoms with Gasteiger partial charge in [-0.05, 0) is 49.9 Å². The van der Waals surface area contributed by atoms with Gasteiger partial charge in [-0.3, -0.25) is 4.79 Å². The van der Waals surface area contributed by atoms with Gasteiger partial charge in [-0.15, -0.1) is 0 Å². The first-order valence-electron chi connectivity index (χ1n) is 6.84. The number of amides is 1. The number of ether oxygens (including phenoxy) is 1. The summed E-state index contributed by atoms with van der Waals surface area (Å²) >= 11 is 0. The molecule has 0 spiro atoms. The van der Waals surface area contributed by atoms with Crippen LogP contribution in [0.15, 0.2) is 18.2 Å². The number of benzene rings is 1. The molecular weight excluding hydrogens is 258 g/mol. The zero-order chi connectivity index (χ0) is 14.3. The number of carbonyl (C=O) groups is 2. The molecule has 1 aromatic carbocycles. The van der Waals surface area contributed by atoms with Crippen LogP contribution in [0.3, 0.4) is 0 Å². The Balaban J connectivity index is 1.75. The molecule has 3 unspecified atom stereocenters. The number of carboxylic acids is 1. The molecule has 2 aliphatic rings. The molecule has 0 aromatic heterocycles. The van der Waals surface area contributed by atoms with Gasteiger partial charge >= 0.3 is 5.97 Å². The van der Waals surface area contributed by atoms with Crippen LogP contribution in [0.5, 0.6) is 0 Å². The number of rotatable bonds is 3. The molecule has 2 bridgehead atoms. The van der Waals surface area contributed by atoms with E-state index in [-0.39, 0.29) is 29.7 Å². The average molecular weight is 275 g/mol. The van der Waals surface area contributed by atoms with Crippen LogP contribution in [0.1, 0.15) is 45.5 Å². The van der Waals surface area contributed by atoms with Gasteiger partial charge < -0.3 is 15.2 Å². The highest BCUT2D eigenvalue weighted by Gasteiger charge is 2.41. The third-order valence-corrected chi connectivity index (χ3v) is 4.01. The molecule has 1 amide bonds. The number of aryl methyl sites for hydroxylation is 1. The molecule has 2 heterocycles. The maximum atomic E-state index is 12.2. The van der Waals surface area contributed by atoms with Gasteiger partial charge in [-0.25, -0.2) is 4.79 Å². The monoisotopic (exact) mass is 275 g/mol. The third kappa shape index (κ3) is 2.41. The Morgan fingerprint density at radius 3 is 2.60 bits per heavy atom. The standard InChI is InChI=1S/C15H17NO4/c1-8-4-9(6-10(5-8)15(18)19)14(17)16-12-7-11-2-3-13(12)20-11/h4-6,11-13H,2-3,7H2,1H3,(H,16,17)(H,18,19). The first-order valence-corrected chi connectivity index (χ1v) is 6.84. The third-order valence-electron chi connectivity index (χ3n) is 4.01. The summed E-state index contributed by atoms with van der Waals surface area (Å²) < 4.78 is 5.70. The number of carboxylic acid groups (broad SMARTS) is 1. The van der Waals surface area contributed by atoms with E-state index in [4.69, 9.17) is 9.84 Å². The second kappa shape index (κ2) is 4.90. The summed E-state index contributed by atoms with van der Waals surface area (Å²) in [5, 5.41) is 12.0. The van der Waals surface area contributed by atoms with Gasteiger partial charge in [0, 0.05) is 5.56 Å². The molecule has 0 aliphatic carbocycles. The Kier molecular flexibility index (Phi) is 3.22. The number of nitrogens with one attached hydrogen (secondary N) is 1. The van der Waals surface area contributed by atoms with Crippen LogP contribution >= 0.6 is 0 Å². The first kappa shape index (κ1) is 13.1. The number of hydrogen-bond acceptors (Lipinski definition) is 3. The SMILES string of the molecule is Cc1cc(C(=O)O)cc(C(=O)NC2CC3CCC2O3)c1. The van der Waals surface area contributed by atoms with E-state index in [2.05, 4.69) is 5.32 Å². The minimum absolute atomic E-state index is 0.0510. The molecule has 1 aromatic rings. The summed E-state index contributed by atoms with van der Waals surface area (Å²) in [6, 6.07) is 4.73. The van der Waals surface area contributed by atoms with Crippen LogP contribution in [0, 0.1) is 6.92 Å². The van der Waals surface area contributed by atoms with Gasteiger partial charge in [0.05, 0.1) is 23.8 Å². The lowest BCUT2D eigenvalue weighted by atomic mass is 9.95. The number of fused-ring (bicyclic) bond motifs is 2. The van der Waals surface area contributed by atoms with Crippen LogP contribution in [0.4, 0.5) is 0 Å². The van der Waals surface area contributed by atoms with E-state index in [1.807, 2.05) is 0 Å². The van der Waals surface area contributed by atoms with Crippen LogP contribution in [0.2, 0.25) is 0 Å². The maximum Gasteiger partial charge on any atom is 0.335 e. The van der Waals surface area contributed by atoms with Crippen molar-refractivity contribution in [2.45, 2.75) is 44.4 Å². The topological polar surface area (TPSA) is 75.6 Å². The summed E-state index contributed by atoms with van der Waals surface area (Å²) in [6.45, 7) is 1.78. The van der Waals surface area contributed by atoms with Crippen molar-refractivity contribution < 1.29 is 19.4 Å². The van der Waals surface area contributed by atoms with Crippen molar-refractivity contribution in [2.24, 2.45) is 0 Å². The lowest BCUT2D eigenvalue weighted by molar-refractivity contribution is 0.0696. The molecule has 5 nitrogen and oxygen atoms in total. The molecule has 106 valence electrons. The van der Waals surface area contributed by atoms with E-state index < -0.39 is 5.97 Å². The Morgan fingerprint density at radius 1 is 1.25 bits per heavy atom. The zero-order valence-electron chi connectivity index (χ0n) is 11.3. The van der Waals surface area contributed by atoms with Crippen LogP contribution < -0.4 is 5.32 Å². The average Bonchev–Trinajstić information content (AvgIpc) is 3.00. The van der Waals surface area contributed by atoms with Gasteiger partial charge in [0.25, 0.3) is 5.91 Å². The fourth-order valence-electron chi connectivity index (χ4n) is 3.08. The fourth-order valence-corrected chi connectivity index (χ4v) is 3.08. The predicted octanol–water partition coefficient (Wildman–Crippen LogP) is 1.74. The molecule has 2 fully saturated rings. The Morgan fingerprint density at radius 2 is 2.00 bits per heavy atom. The van der Waals surface area contributed by atoms with Crippen molar-refractivity contribution in [2.75, 3.05) is 0 Å². The van der Waals surface area contributed by atoms with E-state index in [1.165, 1.54) is 6.07 Å². The molecule has 3 rings (SSSR count). The summed E-state index contributed by atoms with van der Waals surface area (Å²) in [5.74, 6) is -1.25. The molecule has 2 N–H and O–H groups in total. The summed E-state index contributed by atoms with van der Waals surface area (Å²) in [5.41, 5.74) is 1.30. The number of aromatic carboxylic acids is 1. The molecular formula is C15H17NO4. The Hall–Kier alpha value is -1.88. The van der Waals surface area contributed by atoms with Gasteiger partial charge in [0.15, 0.2) is 0 Å². The van der Waals surface area contributed by atoms with Crippen molar-refractivity contribution in [1.29, 1.82) is 0 Å². The minimum Gasteiger partial charge on any atom is -0.478 e. The summed E-state index contributed by atoms with van der Waals surface area (Å²) in [4.78, 5) is 23.3. The molecule has 5 heteroatoms. The largest absolute Gasteiger partial charge is 0.478 e. The Bertz CT molecular complexity index is 569. The number of hydrogen-bond donors (Lipinski definition) is 2.